The van der Waals surface area contributed by atoms with E-state index in [-0.39, 0.29) is 0 Å². The fourth-order valence-electron chi connectivity index (χ4n) is 1.62. The van der Waals surface area contributed by atoms with Crippen molar-refractivity contribution in [2.75, 3.05) is 25.0 Å². The molecule has 0 fully saturated rings. The van der Waals surface area contributed by atoms with Gasteiger partial charge in [0.1, 0.15) is 0 Å². The summed E-state index contributed by atoms with van der Waals surface area (Å²) < 4.78 is 0. The van der Waals surface area contributed by atoms with Crippen LogP contribution in [-0.4, -0.2) is 25.1 Å². The van der Waals surface area contributed by atoms with Crippen molar-refractivity contribution in [2.45, 2.75) is 46.6 Å². The molecule has 0 radical (unpaired) electrons. The monoisotopic (exact) mass is 255 g/mol. The molecule has 4 heteroatoms. The van der Waals surface area contributed by atoms with Crippen molar-refractivity contribution in [1.29, 1.82) is 0 Å². The van der Waals surface area contributed by atoms with E-state index < -0.39 is 0 Å². The van der Waals surface area contributed by atoms with E-state index in [1.54, 1.807) is 0 Å². The predicted octanol–water partition coefficient (Wildman–Crippen LogP) is 3.05. The van der Waals surface area contributed by atoms with Crippen LogP contribution in [0.5, 0.6) is 0 Å². The van der Waals surface area contributed by atoms with E-state index >= 15 is 0 Å². The molecule has 0 spiro atoms. The van der Waals surface area contributed by atoms with Crippen LogP contribution < -0.4 is 10.2 Å². The molecule has 0 bridgehead atoms. The quantitative estimate of drug-likeness (QED) is 0.724. The Labute approximate surface area is 109 Å². The maximum Gasteiger partial charge on any atom is 0.185 e. The summed E-state index contributed by atoms with van der Waals surface area (Å²) in [5.74, 6) is 0. The highest BCUT2D eigenvalue weighted by Crippen LogP contribution is 2.26. The second-order valence-corrected chi connectivity index (χ2v) is 5.37. The number of nitrogens with zero attached hydrogens (tertiary/aromatic N) is 2. The van der Waals surface area contributed by atoms with Crippen LogP contribution in [-0.2, 0) is 13.0 Å². The molecule has 17 heavy (non-hydrogen) atoms. The van der Waals surface area contributed by atoms with Gasteiger partial charge in [0, 0.05) is 25.0 Å². The van der Waals surface area contributed by atoms with Crippen LogP contribution in [0.4, 0.5) is 5.13 Å². The first-order valence-corrected chi connectivity index (χ1v) is 7.44. The number of anilines is 1. The van der Waals surface area contributed by atoms with Gasteiger partial charge in [-0.15, -0.1) is 11.3 Å². The minimum atomic E-state index is 0.971. The molecular weight excluding hydrogens is 230 g/mol. The molecule has 0 aliphatic rings. The molecular formula is C13H25N3S. The van der Waals surface area contributed by atoms with E-state index in [2.05, 4.69) is 38.0 Å². The third-order valence-corrected chi connectivity index (χ3v) is 3.98. The lowest BCUT2D eigenvalue weighted by molar-refractivity contribution is 0.674. The number of hydrogen-bond acceptors (Lipinski definition) is 4. The molecule has 0 aliphatic heterocycles. The second kappa shape index (κ2) is 7.67. The molecule has 0 saturated carbocycles. The molecule has 3 nitrogen and oxygen atoms in total. The van der Waals surface area contributed by atoms with Crippen molar-refractivity contribution in [1.82, 2.24) is 10.3 Å². The Morgan fingerprint density at radius 3 is 2.59 bits per heavy atom. The third kappa shape index (κ3) is 4.28. The van der Waals surface area contributed by atoms with Gasteiger partial charge in [0.25, 0.3) is 0 Å². The van der Waals surface area contributed by atoms with Crippen molar-refractivity contribution in [3.8, 4) is 0 Å². The van der Waals surface area contributed by atoms with Gasteiger partial charge < -0.3 is 10.2 Å². The lowest BCUT2D eigenvalue weighted by Crippen LogP contribution is -2.15. The van der Waals surface area contributed by atoms with Crippen molar-refractivity contribution in [3.05, 3.63) is 10.6 Å². The van der Waals surface area contributed by atoms with E-state index in [0.29, 0.717) is 0 Å². The molecule has 1 aromatic heterocycles. The van der Waals surface area contributed by atoms with Crippen LogP contribution in [0.25, 0.3) is 0 Å². The number of aromatic nitrogens is 1. The van der Waals surface area contributed by atoms with Gasteiger partial charge in [-0.1, -0.05) is 20.3 Å². The van der Waals surface area contributed by atoms with Crippen LogP contribution in [0, 0.1) is 0 Å². The van der Waals surface area contributed by atoms with E-state index in [1.165, 1.54) is 23.4 Å². The van der Waals surface area contributed by atoms with Gasteiger partial charge >= 0.3 is 0 Å². The standard InChI is InChI=1S/C13H25N3S/c1-5-8-11-12(10-14-9-6-2)17-13(15-11)16(4)7-3/h14H,5-10H2,1-4H3. The summed E-state index contributed by atoms with van der Waals surface area (Å²) in [6.07, 6.45) is 3.45. The lowest BCUT2D eigenvalue weighted by atomic mass is 10.2. The van der Waals surface area contributed by atoms with E-state index in [9.17, 15) is 0 Å². The Hall–Kier alpha value is -0.610. The molecule has 0 unspecified atom stereocenters. The first-order chi connectivity index (χ1) is 8.22. The van der Waals surface area contributed by atoms with E-state index in [0.717, 1.165) is 31.2 Å². The minimum Gasteiger partial charge on any atom is -0.351 e. The Bertz CT molecular complexity index is 322. The zero-order valence-corrected chi connectivity index (χ0v) is 12.4. The Morgan fingerprint density at radius 1 is 1.24 bits per heavy atom. The fourth-order valence-corrected chi connectivity index (χ4v) is 2.72. The maximum absolute atomic E-state index is 4.75. The van der Waals surface area contributed by atoms with Gasteiger partial charge in [0.2, 0.25) is 0 Å². The largest absolute Gasteiger partial charge is 0.351 e. The molecule has 1 heterocycles. The SMILES string of the molecule is CCCNCc1sc(N(C)CC)nc1CCC. The Morgan fingerprint density at radius 2 is 2.00 bits per heavy atom. The average Bonchev–Trinajstić information content (AvgIpc) is 2.73. The van der Waals surface area contributed by atoms with Gasteiger partial charge in [-0.2, -0.15) is 0 Å². The molecule has 0 aliphatic carbocycles. The lowest BCUT2D eigenvalue weighted by Gasteiger charge is -2.11. The summed E-state index contributed by atoms with van der Waals surface area (Å²) in [6, 6.07) is 0. The molecule has 0 saturated heterocycles. The van der Waals surface area contributed by atoms with Crippen LogP contribution in [0.2, 0.25) is 0 Å². The maximum atomic E-state index is 4.75. The zero-order chi connectivity index (χ0) is 12.7. The third-order valence-electron chi connectivity index (χ3n) is 2.77. The normalized spacial score (nSPS) is 10.8. The van der Waals surface area contributed by atoms with E-state index in [4.69, 9.17) is 4.98 Å². The highest BCUT2D eigenvalue weighted by Gasteiger charge is 2.12. The molecule has 0 aromatic carbocycles. The van der Waals surface area contributed by atoms with E-state index in [1.807, 2.05) is 11.3 Å². The summed E-state index contributed by atoms with van der Waals surface area (Å²) in [7, 11) is 2.11. The summed E-state index contributed by atoms with van der Waals surface area (Å²) >= 11 is 1.83. The highest BCUT2D eigenvalue weighted by atomic mass is 32.1. The van der Waals surface area contributed by atoms with Crippen molar-refractivity contribution < 1.29 is 0 Å². The molecule has 98 valence electrons. The molecule has 1 aromatic rings. The Kier molecular flexibility index (Phi) is 6.52. The molecule has 0 amide bonds. The number of nitrogens with one attached hydrogen (secondary N) is 1. The van der Waals surface area contributed by atoms with Crippen LogP contribution >= 0.6 is 11.3 Å². The second-order valence-electron chi connectivity index (χ2n) is 4.31. The van der Waals surface area contributed by atoms with Crippen molar-refractivity contribution in [2.24, 2.45) is 0 Å². The van der Waals surface area contributed by atoms with Gasteiger partial charge in [-0.3, -0.25) is 0 Å². The van der Waals surface area contributed by atoms with Gasteiger partial charge in [-0.25, -0.2) is 4.98 Å². The minimum absolute atomic E-state index is 0.971. The zero-order valence-electron chi connectivity index (χ0n) is 11.5. The van der Waals surface area contributed by atoms with Crippen LogP contribution in [0.3, 0.4) is 0 Å². The molecule has 0 atom stereocenters. The van der Waals surface area contributed by atoms with Crippen LogP contribution in [0.1, 0.15) is 44.2 Å². The Balaban J connectivity index is 2.73. The number of thiazole rings is 1. The van der Waals surface area contributed by atoms with Gasteiger partial charge in [-0.05, 0) is 26.3 Å². The first-order valence-electron chi connectivity index (χ1n) is 6.63. The van der Waals surface area contributed by atoms with Gasteiger partial charge in [0.05, 0.1) is 5.69 Å². The van der Waals surface area contributed by atoms with Crippen molar-refractivity contribution >= 4 is 16.5 Å². The summed E-state index contributed by atoms with van der Waals surface area (Å²) in [5.41, 5.74) is 1.29. The highest BCUT2D eigenvalue weighted by molar-refractivity contribution is 7.15. The van der Waals surface area contributed by atoms with Gasteiger partial charge in [0.15, 0.2) is 5.13 Å². The predicted molar refractivity (Wildman–Crippen MR) is 77.1 cm³/mol. The first kappa shape index (κ1) is 14.5. The number of aryl methyl sites for hydroxylation is 1. The number of hydrogen-bond donors (Lipinski definition) is 1. The number of rotatable bonds is 8. The smallest absolute Gasteiger partial charge is 0.185 e. The summed E-state index contributed by atoms with van der Waals surface area (Å²) in [5, 5.41) is 4.63. The summed E-state index contributed by atoms with van der Waals surface area (Å²) in [4.78, 5) is 8.38. The average molecular weight is 255 g/mol. The fraction of sp³-hybridized carbons (Fsp3) is 0.769. The van der Waals surface area contributed by atoms with Crippen molar-refractivity contribution in [3.63, 3.8) is 0 Å². The summed E-state index contributed by atoms with van der Waals surface area (Å²) in [6.45, 7) is 9.65. The van der Waals surface area contributed by atoms with Crippen LogP contribution in [0.15, 0.2) is 0 Å². The molecule has 1 N–H and O–H groups in total. The topological polar surface area (TPSA) is 28.2 Å². The molecule has 1 rings (SSSR count).